The molecule has 42 heavy (non-hydrogen) atoms. The minimum Gasteiger partial charge on any atom is -0.369 e. The predicted molar refractivity (Wildman–Crippen MR) is 155 cm³/mol. The van der Waals surface area contributed by atoms with Crippen LogP contribution in [0.25, 0.3) is 16.8 Å². The van der Waals surface area contributed by atoms with Crippen LogP contribution >= 0.6 is 0 Å². The van der Waals surface area contributed by atoms with Gasteiger partial charge in [0.25, 0.3) is 0 Å². The number of benzene rings is 2. The number of carbonyl (C=O) groups is 1. The molecule has 0 spiro atoms. The normalized spacial score (nSPS) is 22.5. The maximum atomic E-state index is 13.9. The first-order chi connectivity index (χ1) is 20.2. The van der Waals surface area contributed by atoms with Crippen LogP contribution < -0.4 is 10.2 Å². The van der Waals surface area contributed by atoms with Gasteiger partial charge in [-0.3, -0.25) is 4.79 Å². The molecular formula is C31H31FN6O3S. The predicted octanol–water partition coefficient (Wildman–Crippen LogP) is 4.23. The maximum absolute atomic E-state index is 13.9. The van der Waals surface area contributed by atoms with Gasteiger partial charge in [-0.2, -0.15) is 15.6 Å². The van der Waals surface area contributed by atoms with Gasteiger partial charge < -0.3 is 10.2 Å². The molecule has 2 aliphatic carbocycles. The first-order valence-corrected chi connectivity index (χ1v) is 16.1. The Labute approximate surface area is 244 Å². The van der Waals surface area contributed by atoms with E-state index < -0.39 is 21.2 Å². The fourth-order valence-electron chi connectivity index (χ4n) is 6.12. The monoisotopic (exact) mass is 586 g/mol. The van der Waals surface area contributed by atoms with Crippen molar-refractivity contribution < 1.29 is 17.6 Å². The first kappa shape index (κ1) is 27.9. The topological polar surface area (TPSA) is 132 Å². The summed E-state index contributed by atoms with van der Waals surface area (Å²) in [6.45, 7) is 0.880. The third kappa shape index (κ3) is 5.49. The molecule has 3 aliphatic rings. The number of nitriles is 2. The van der Waals surface area contributed by atoms with Gasteiger partial charge in [0.15, 0.2) is 9.84 Å². The SMILES string of the molecule is N#Cc1cc(F)ccc1-n1cc(-c2ccc(N3CCS(=O)(=O)CC3)cc2)c([C@@H]2CCCC[C@H]2C(=O)NC2(C#N)CC2)n1. The molecular weight excluding hydrogens is 555 g/mol. The fourth-order valence-corrected chi connectivity index (χ4v) is 7.32. The number of amides is 1. The Balaban J connectivity index is 1.38. The van der Waals surface area contributed by atoms with Gasteiger partial charge >= 0.3 is 0 Å². The molecule has 2 aromatic carbocycles. The molecule has 6 rings (SSSR count). The van der Waals surface area contributed by atoms with E-state index >= 15 is 0 Å². The second kappa shape index (κ2) is 10.9. The summed E-state index contributed by atoms with van der Waals surface area (Å²) in [5, 5.41) is 27.2. The van der Waals surface area contributed by atoms with Crippen LogP contribution in [0.2, 0.25) is 0 Å². The van der Waals surface area contributed by atoms with Crippen LogP contribution in [0.4, 0.5) is 10.1 Å². The molecule has 0 bridgehead atoms. The highest BCUT2D eigenvalue weighted by molar-refractivity contribution is 7.91. The number of carbonyl (C=O) groups excluding carboxylic acids is 1. The summed E-state index contributed by atoms with van der Waals surface area (Å²) >= 11 is 0. The summed E-state index contributed by atoms with van der Waals surface area (Å²) in [5.41, 5.74) is 3.15. The molecule has 1 saturated heterocycles. The highest BCUT2D eigenvalue weighted by atomic mass is 32.2. The zero-order chi connectivity index (χ0) is 29.5. The van der Waals surface area contributed by atoms with E-state index in [2.05, 4.69) is 22.4 Å². The number of rotatable bonds is 6. The van der Waals surface area contributed by atoms with Gasteiger partial charge in [0, 0.05) is 42.4 Å². The van der Waals surface area contributed by atoms with Gasteiger partial charge in [0.1, 0.15) is 17.4 Å². The molecule has 1 aromatic heterocycles. The van der Waals surface area contributed by atoms with Crippen molar-refractivity contribution in [3.05, 3.63) is 65.7 Å². The summed E-state index contributed by atoms with van der Waals surface area (Å²) in [4.78, 5) is 15.5. The molecule has 1 aliphatic heterocycles. The van der Waals surface area contributed by atoms with Crippen LogP contribution in [0.1, 0.15) is 55.7 Å². The summed E-state index contributed by atoms with van der Waals surface area (Å²) in [6, 6.07) is 16.1. The Morgan fingerprint density at radius 3 is 2.43 bits per heavy atom. The zero-order valence-electron chi connectivity index (χ0n) is 23.1. The molecule has 0 radical (unpaired) electrons. The van der Waals surface area contributed by atoms with E-state index in [1.165, 1.54) is 18.2 Å². The maximum Gasteiger partial charge on any atom is 0.225 e. The summed E-state index contributed by atoms with van der Waals surface area (Å²) < 4.78 is 39.3. The molecule has 2 heterocycles. The van der Waals surface area contributed by atoms with Crippen LogP contribution in [-0.2, 0) is 14.6 Å². The third-order valence-corrected chi connectivity index (χ3v) is 10.3. The summed E-state index contributed by atoms with van der Waals surface area (Å²) in [5.74, 6) is -0.952. The average Bonchev–Trinajstić information content (AvgIpc) is 3.64. The lowest BCUT2D eigenvalue weighted by Crippen LogP contribution is -2.42. The number of aromatic nitrogens is 2. The third-order valence-electron chi connectivity index (χ3n) is 8.74. The molecule has 3 fully saturated rings. The van der Waals surface area contributed by atoms with E-state index in [0.29, 0.717) is 38.0 Å². The Bertz CT molecular complexity index is 1700. The second-order valence-electron chi connectivity index (χ2n) is 11.5. The van der Waals surface area contributed by atoms with E-state index in [1.807, 2.05) is 30.5 Å². The van der Waals surface area contributed by atoms with Crippen LogP contribution in [0.3, 0.4) is 0 Å². The lowest BCUT2D eigenvalue weighted by Gasteiger charge is -2.31. The number of anilines is 1. The van der Waals surface area contributed by atoms with E-state index in [0.717, 1.165) is 41.8 Å². The lowest BCUT2D eigenvalue weighted by atomic mass is 9.75. The van der Waals surface area contributed by atoms with Gasteiger partial charge in [-0.25, -0.2) is 17.5 Å². The molecule has 0 unspecified atom stereocenters. The summed E-state index contributed by atoms with van der Waals surface area (Å²) in [7, 11) is -3.00. The second-order valence-corrected chi connectivity index (χ2v) is 13.8. The van der Waals surface area contributed by atoms with Crippen molar-refractivity contribution in [1.82, 2.24) is 15.1 Å². The van der Waals surface area contributed by atoms with Gasteiger partial charge in [-0.05, 0) is 61.6 Å². The Morgan fingerprint density at radius 2 is 1.76 bits per heavy atom. The van der Waals surface area contributed by atoms with Crippen molar-refractivity contribution in [2.45, 2.75) is 50.0 Å². The zero-order valence-corrected chi connectivity index (χ0v) is 23.9. The van der Waals surface area contributed by atoms with Crippen molar-refractivity contribution in [2.24, 2.45) is 5.92 Å². The molecule has 2 saturated carbocycles. The van der Waals surface area contributed by atoms with Crippen molar-refractivity contribution >= 4 is 21.4 Å². The average molecular weight is 587 g/mol. The Morgan fingerprint density at radius 1 is 1.05 bits per heavy atom. The largest absolute Gasteiger partial charge is 0.369 e. The van der Waals surface area contributed by atoms with Crippen molar-refractivity contribution in [2.75, 3.05) is 29.5 Å². The quantitative estimate of drug-likeness (QED) is 0.457. The number of hydrogen-bond donors (Lipinski definition) is 1. The minimum absolute atomic E-state index is 0.128. The molecule has 3 aromatic rings. The van der Waals surface area contributed by atoms with E-state index in [-0.39, 0.29) is 34.8 Å². The number of sulfone groups is 1. The van der Waals surface area contributed by atoms with E-state index in [9.17, 15) is 28.1 Å². The molecule has 9 nitrogen and oxygen atoms in total. The van der Waals surface area contributed by atoms with Crippen LogP contribution in [0.5, 0.6) is 0 Å². The standard InChI is InChI=1S/C31H31FN6O3S/c32-23-7-10-28(22(17-23)18-33)38-19-27(21-5-8-24(9-6-21)37-13-15-42(40,41)16-14-37)29(36-38)25-3-1-2-4-26(25)30(39)35-31(20-34)11-12-31/h5-10,17,19,25-26H,1-4,11-16H2,(H,35,39)/t25-,26-/m1/s1. The number of halogens is 1. The first-order valence-electron chi connectivity index (χ1n) is 14.3. The van der Waals surface area contributed by atoms with Gasteiger partial charge in [0.2, 0.25) is 5.91 Å². The fraction of sp³-hybridized carbons (Fsp3) is 0.419. The molecule has 2 atom stereocenters. The number of nitrogens with one attached hydrogen (secondary N) is 1. The van der Waals surface area contributed by atoms with Gasteiger partial charge in [0.05, 0.1) is 34.5 Å². The number of nitrogens with zero attached hydrogens (tertiary/aromatic N) is 5. The van der Waals surface area contributed by atoms with Crippen molar-refractivity contribution in [3.63, 3.8) is 0 Å². The Hall–Kier alpha value is -4.22. The Kier molecular flexibility index (Phi) is 7.24. The van der Waals surface area contributed by atoms with Crippen LogP contribution in [0, 0.1) is 34.4 Å². The van der Waals surface area contributed by atoms with Crippen LogP contribution in [0.15, 0.2) is 48.7 Å². The minimum atomic E-state index is -3.00. The number of hydrogen-bond acceptors (Lipinski definition) is 7. The molecule has 216 valence electrons. The highest BCUT2D eigenvalue weighted by Gasteiger charge is 2.47. The van der Waals surface area contributed by atoms with Crippen molar-refractivity contribution in [1.29, 1.82) is 10.5 Å². The van der Waals surface area contributed by atoms with Crippen molar-refractivity contribution in [3.8, 4) is 29.0 Å². The molecule has 1 amide bonds. The molecule has 1 N–H and O–H groups in total. The van der Waals surface area contributed by atoms with E-state index in [4.69, 9.17) is 5.10 Å². The van der Waals surface area contributed by atoms with Gasteiger partial charge in [-0.15, -0.1) is 0 Å². The summed E-state index contributed by atoms with van der Waals surface area (Å²) in [6.07, 6.45) is 6.40. The lowest BCUT2D eigenvalue weighted by molar-refractivity contribution is -0.127. The smallest absolute Gasteiger partial charge is 0.225 e. The van der Waals surface area contributed by atoms with E-state index in [1.54, 1.807) is 4.68 Å². The highest BCUT2D eigenvalue weighted by Crippen LogP contribution is 2.43. The molecule has 11 heteroatoms. The van der Waals surface area contributed by atoms with Gasteiger partial charge in [-0.1, -0.05) is 25.0 Å². The van der Waals surface area contributed by atoms with Crippen LogP contribution in [-0.4, -0.2) is 54.2 Å².